The molecule has 0 aliphatic carbocycles. The molecule has 11 heteroatoms. The number of thiophene rings is 2. The number of amides is 1. The van der Waals surface area contributed by atoms with Crippen molar-refractivity contribution in [2.45, 2.75) is 4.21 Å². The van der Waals surface area contributed by atoms with Gasteiger partial charge in [0.05, 0.1) is 35.7 Å². The number of carbonyl (C=O) groups is 1. The summed E-state index contributed by atoms with van der Waals surface area (Å²) >= 11 is 2.68. The van der Waals surface area contributed by atoms with E-state index in [2.05, 4.69) is 20.1 Å². The van der Waals surface area contributed by atoms with E-state index < -0.39 is 15.9 Å². The lowest BCUT2D eigenvalue weighted by Crippen LogP contribution is -2.35. The summed E-state index contributed by atoms with van der Waals surface area (Å²) in [5, 5.41) is 6.84. The Morgan fingerprint density at radius 2 is 1.90 bits per heavy atom. The lowest BCUT2D eigenvalue weighted by molar-refractivity contribution is 0.0956. The van der Waals surface area contributed by atoms with Crippen LogP contribution in [0.15, 0.2) is 63.2 Å². The van der Waals surface area contributed by atoms with E-state index in [1.807, 2.05) is 12.1 Å². The highest BCUT2D eigenvalue weighted by atomic mass is 32.2. The third-order valence-corrected chi connectivity index (χ3v) is 8.31. The van der Waals surface area contributed by atoms with E-state index in [1.54, 1.807) is 47.2 Å². The Balaban J connectivity index is 1.42. The van der Waals surface area contributed by atoms with Crippen LogP contribution in [0.2, 0.25) is 0 Å². The number of ether oxygens (including phenoxy) is 1. The second kappa shape index (κ2) is 9.60. The van der Waals surface area contributed by atoms with Crippen LogP contribution in [-0.2, 0) is 14.8 Å². The van der Waals surface area contributed by atoms with Crippen LogP contribution in [-0.4, -0.2) is 46.8 Å². The number of hydrogen-bond donors (Lipinski definition) is 2. The molecule has 4 rings (SSSR count). The fraction of sp³-hybridized carbons (Fsp3) is 0.200. The highest BCUT2D eigenvalue weighted by molar-refractivity contribution is 7.94. The minimum Gasteiger partial charge on any atom is -0.378 e. The predicted molar refractivity (Wildman–Crippen MR) is 124 cm³/mol. The van der Waals surface area contributed by atoms with Crippen molar-refractivity contribution in [2.24, 2.45) is 5.10 Å². The van der Waals surface area contributed by atoms with Gasteiger partial charge in [0, 0.05) is 18.0 Å². The summed E-state index contributed by atoms with van der Waals surface area (Å²) in [4.78, 5) is 15.8. The van der Waals surface area contributed by atoms with Gasteiger partial charge in [0.15, 0.2) is 0 Å². The van der Waals surface area contributed by atoms with E-state index in [1.165, 1.54) is 12.1 Å². The molecule has 0 saturated carbocycles. The second-order valence-corrected chi connectivity index (χ2v) is 10.5. The molecule has 3 aromatic rings. The molecule has 8 nitrogen and oxygen atoms in total. The first kappa shape index (κ1) is 21.5. The van der Waals surface area contributed by atoms with Crippen molar-refractivity contribution in [2.75, 3.05) is 35.9 Å². The number of nitrogens with zero attached hydrogens (tertiary/aromatic N) is 2. The number of nitrogens with one attached hydrogen (secondary N) is 2. The second-order valence-electron chi connectivity index (χ2n) is 6.56. The number of morpholine rings is 1. The van der Waals surface area contributed by atoms with Gasteiger partial charge in [-0.2, -0.15) is 5.10 Å². The van der Waals surface area contributed by atoms with Crippen molar-refractivity contribution >= 4 is 55.5 Å². The molecule has 162 valence electrons. The Hall–Kier alpha value is -2.73. The van der Waals surface area contributed by atoms with E-state index in [-0.39, 0.29) is 15.5 Å². The van der Waals surface area contributed by atoms with Crippen molar-refractivity contribution in [1.82, 2.24) is 5.43 Å². The van der Waals surface area contributed by atoms with Crippen LogP contribution in [0.4, 0.5) is 10.7 Å². The molecular formula is C20H20N4O4S3. The standard InChI is InChI=1S/C20H20N4O4S3/c25-20(22-21-14-15-7-8-18(30-15)24-9-11-28-12-10-24)16-4-1-2-5-17(16)23-31(26,27)19-6-3-13-29-19/h1-8,13-14,23H,9-12H2,(H,22,25). The third kappa shape index (κ3) is 5.31. The molecule has 0 spiro atoms. The highest BCUT2D eigenvalue weighted by Gasteiger charge is 2.19. The average Bonchev–Trinajstić information content (AvgIpc) is 3.47. The van der Waals surface area contributed by atoms with Crippen LogP contribution in [0.25, 0.3) is 0 Å². The van der Waals surface area contributed by atoms with Crippen molar-refractivity contribution in [3.05, 3.63) is 64.4 Å². The average molecular weight is 477 g/mol. The van der Waals surface area contributed by atoms with Crippen LogP contribution in [0.3, 0.4) is 0 Å². The van der Waals surface area contributed by atoms with Gasteiger partial charge in [-0.1, -0.05) is 18.2 Å². The van der Waals surface area contributed by atoms with E-state index in [9.17, 15) is 13.2 Å². The molecule has 0 unspecified atom stereocenters. The number of benzene rings is 1. The van der Waals surface area contributed by atoms with E-state index in [0.717, 1.165) is 34.3 Å². The molecule has 1 fully saturated rings. The molecular weight excluding hydrogens is 456 g/mol. The normalized spacial score (nSPS) is 14.6. The first-order valence-electron chi connectivity index (χ1n) is 9.44. The van der Waals surface area contributed by atoms with Gasteiger partial charge in [0.2, 0.25) is 0 Å². The highest BCUT2D eigenvalue weighted by Crippen LogP contribution is 2.26. The van der Waals surface area contributed by atoms with Gasteiger partial charge in [0.1, 0.15) is 4.21 Å². The number of sulfonamides is 1. The van der Waals surface area contributed by atoms with Crippen molar-refractivity contribution in [3.8, 4) is 0 Å². The lowest BCUT2D eigenvalue weighted by Gasteiger charge is -2.27. The van der Waals surface area contributed by atoms with Crippen LogP contribution in [0, 0.1) is 0 Å². The van der Waals surface area contributed by atoms with E-state index >= 15 is 0 Å². The smallest absolute Gasteiger partial charge is 0.273 e. The summed E-state index contributed by atoms with van der Waals surface area (Å²) in [7, 11) is -3.76. The van der Waals surface area contributed by atoms with Gasteiger partial charge < -0.3 is 9.64 Å². The first-order valence-corrected chi connectivity index (χ1v) is 12.6. The van der Waals surface area contributed by atoms with E-state index in [0.29, 0.717) is 13.2 Å². The lowest BCUT2D eigenvalue weighted by atomic mass is 10.2. The Bertz CT molecular complexity index is 1170. The van der Waals surface area contributed by atoms with Crippen molar-refractivity contribution < 1.29 is 17.9 Å². The molecule has 1 aliphatic heterocycles. The minimum absolute atomic E-state index is 0.175. The Morgan fingerprint density at radius 3 is 2.68 bits per heavy atom. The third-order valence-electron chi connectivity index (χ3n) is 4.47. The molecule has 1 amide bonds. The number of carbonyl (C=O) groups excluding carboxylic acids is 1. The molecule has 1 aromatic carbocycles. The molecule has 31 heavy (non-hydrogen) atoms. The summed E-state index contributed by atoms with van der Waals surface area (Å²) in [5.41, 5.74) is 2.84. The monoisotopic (exact) mass is 476 g/mol. The van der Waals surface area contributed by atoms with Crippen LogP contribution >= 0.6 is 22.7 Å². The zero-order valence-electron chi connectivity index (χ0n) is 16.4. The zero-order valence-corrected chi connectivity index (χ0v) is 18.8. The molecule has 0 radical (unpaired) electrons. The van der Waals surface area contributed by atoms with Crippen molar-refractivity contribution in [3.63, 3.8) is 0 Å². The topological polar surface area (TPSA) is 100 Å². The van der Waals surface area contributed by atoms with Crippen LogP contribution in [0.5, 0.6) is 0 Å². The van der Waals surface area contributed by atoms with Gasteiger partial charge >= 0.3 is 0 Å². The molecule has 2 N–H and O–H groups in total. The predicted octanol–water partition coefficient (Wildman–Crippen LogP) is 3.21. The maximum atomic E-state index is 12.6. The number of hydrogen-bond acceptors (Lipinski definition) is 8. The quantitative estimate of drug-likeness (QED) is 0.403. The minimum atomic E-state index is -3.76. The fourth-order valence-corrected chi connectivity index (χ4v) is 5.96. The summed E-state index contributed by atoms with van der Waals surface area (Å²) in [6.45, 7) is 3.14. The van der Waals surface area contributed by atoms with Gasteiger partial charge in [0.25, 0.3) is 15.9 Å². The van der Waals surface area contributed by atoms with Gasteiger partial charge in [-0.25, -0.2) is 13.8 Å². The Kier molecular flexibility index (Phi) is 6.66. The molecule has 0 atom stereocenters. The van der Waals surface area contributed by atoms with Gasteiger partial charge in [-0.15, -0.1) is 22.7 Å². The van der Waals surface area contributed by atoms with E-state index in [4.69, 9.17) is 4.74 Å². The maximum absolute atomic E-state index is 12.6. The summed E-state index contributed by atoms with van der Waals surface area (Å²) in [6.07, 6.45) is 1.57. The van der Waals surface area contributed by atoms with Crippen molar-refractivity contribution in [1.29, 1.82) is 0 Å². The number of anilines is 2. The molecule has 0 bridgehead atoms. The number of rotatable bonds is 7. The Morgan fingerprint density at radius 1 is 1.10 bits per heavy atom. The SMILES string of the molecule is O=C(NN=Cc1ccc(N2CCOCC2)s1)c1ccccc1NS(=O)(=O)c1cccs1. The first-order chi connectivity index (χ1) is 15.0. The zero-order chi connectivity index (χ0) is 21.7. The van der Waals surface area contributed by atoms with Gasteiger partial charge in [-0.05, 0) is 35.7 Å². The van der Waals surface area contributed by atoms with Gasteiger partial charge in [-0.3, -0.25) is 9.52 Å². The van der Waals surface area contributed by atoms with Crippen LogP contribution < -0.4 is 15.0 Å². The maximum Gasteiger partial charge on any atom is 0.273 e. The Labute approximate surface area is 188 Å². The van der Waals surface area contributed by atoms with Crippen LogP contribution in [0.1, 0.15) is 15.2 Å². The largest absolute Gasteiger partial charge is 0.378 e. The molecule has 3 heterocycles. The molecule has 1 saturated heterocycles. The summed E-state index contributed by atoms with van der Waals surface area (Å²) in [6, 6.07) is 13.5. The molecule has 1 aliphatic rings. The molecule has 2 aromatic heterocycles. The number of para-hydroxylation sites is 1. The summed E-state index contributed by atoms with van der Waals surface area (Å²) < 4.78 is 33.0. The number of hydrazone groups is 1. The fourth-order valence-electron chi connectivity index (χ4n) is 2.96. The summed E-state index contributed by atoms with van der Waals surface area (Å²) in [5.74, 6) is -0.509.